The van der Waals surface area contributed by atoms with Gasteiger partial charge >= 0.3 is 6.01 Å². The second-order valence-electron chi connectivity index (χ2n) is 3.48. The van der Waals surface area contributed by atoms with Crippen LogP contribution in [0.2, 0.25) is 0 Å². The van der Waals surface area contributed by atoms with Gasteiger partial charge in [-0.25, -0.2) is 4.39 Å². The van der Waals surface area contributed by atoms with Gasteiger partial charge in [0.1, 0.15) is 6.33 Å². The van der Waals surface area contributed by atoms with Crippen molar-refractivity contribution in [2.45, 2.75) is 6.92 Å². The van der Waals surface area contributed by atoms with Crippen molar-refractivity contribution in [1.82, 2.24) is 14.8 Å². The molecule has 0 spiro atoms. The number of hydrogen-bond donors (Lipinski definition) is 0. The Morgan fingerprint density at radius 1 is 1.47 bits per heavy atom. The van der Waals surface area contributed by atoms with E-state index >= 15 is 0 Å². The summed E-state index contributed by atoms with van der Waals surface area (Å²) in [6.45, 7) is 1.34. The first-order chi connectivity index (χ1) is 8.08. The summed E-state index contributed by atoms with van der Waals surface area (Å²) in [6.07, 6.45) is 1.42. The molecule has 0 radical (unpaired) electrons. The zero-order valence-corrected chi connectivity index (χ0v) is 9.35. The molecule has 1 aromatic heterocycles. The summed E-state index contributed by atoms with van der Waals surface area (Å²) in [5.41, 5.74) is 0.164. The quantitative estimate of drug-likeness (QED) is 0.763. The highest BCUT2D eigenvalue weighted by Gasteiger charge is 2.15. The van der Waals surface area contributed by atoms with Crippen LogP contribution in [0.25, 0.3) is 0 Å². The molecule has 0 fully saturated rings. The van der Waals surface area contributed by atoms with E-state index in [2.05, 4.69) is 10.1 Å². The smallest absolute Gasteiger partial charge is 0.341 e. The van der Waals surface area contributed by atoms with Crippen LogP contribution in [-0.2, 0) is 7.05 Å². The van der Waals surface area contributed by atoms with Gasteiger partial charge in [-0.05, 0) is 19.1 Å². The predicted octanol–water partition coefficient (Wildman–Crippen LogP) is 1.95. The minimum Gasteiger partial charge on any atom is -0.419 e. The maximum atomic E-state index is 13.6. The van der Waals surface area contributed by atoms with Gasteiger partial charge < -0.3 is 4.74 Å². The lowest BCUT2D eigenvalue weighted by Gasteiger charge is -2.06. The van der Waals surface area contributed by atoms with Gasteiger partial charge in [-0.2, -0.15) is 4.98 Å². The average Bonchev–Trinajstić information content (AvgIpc) is 2.67. The van der Waals surface area contributed by atoms with E-state index < -0.39 is 5.82 Å². The molecule has 0 aliphatic heterocycles. The summed E-state index contributed by atoms with van der Waals surface area (Å²) in [5, 5.41) is 3.85. The van der Waals surface area contributed by atoms with Gasteiger partial charge in [-0.3, -0.25) is 9.48 Å². The number of halogens is 1. The molecule has 0 aliphatic rings. The van der Waals surface area contributed by atoms with Crippen molar-refractivity contribution in [2.24, 2.45) is 7.05 Å². The molecule has 0 saturated carbocycles. The molecule has 2 aromatic rings. The molecule has 1 aromatic carbocycles. The molecule has 17 heavy (non-hydrogen) atoms. The topological polar surface area (TPSA) is 57.0 Å². The Hall–Kier alpha value is -2.24. The summed E-state index contributed by atoms with van der Waals surface area (Å²) >= 11 is 0. The van der Waals surface area contributed by atoms with Gasteiger partial charge in [0.15, 0.2) is 17.3 Å². The van der Waals surface area contributed by atoms with Crippen LogP contribution in [0.4, 0.5) is 4.39 Å². The molecule has 0 atom stereocenters. The molecule has 6 heteroatoms. The van der Waals surface area contributed by atoms with Crippen LogP contribution in [0.15, 0.2) is 24.5 Å². The maximum Gasteiger partial charge on any atom is 0.341 e. The minimum atomic E-state index is -0.620. The standard InChI is InChI=1S/C11H10FN3O2/c1-7(16)8-4-3-5-9(12)10(8)17-11-13-6-15(2)14-11/h3-6H,1-2H3. The summed E-state index contributed by atoms with van der Waals surface area (Å²) in [6, 6.07) is 4.15. The molecule has 0 N–H and O–H groups in total. The Labute approximate surface area is 96.9 Å². The number of carbonyl (C=O) groups is 1. The first-order valence-corrected chi connectivity index (χ1v) is 4.91. The highest BCUT2D eigenvalue weighted by atomic mass is 19.1. The lowest BCUT2D eigenvalue weighted by molar-refractivity contribution is 0.101. The number of ketones is 1. The van der Waals surface area contributed by atoms with Crippen molar-refractivity contribution in [2.75, 3.05) is 0 Å². The van der Waals surface area contributed by atoms with E-state index in [-0.39, 0.29) is 23.1 Å². The van der Waals surface area contributed by atoms with Crippen molar-refractivity contribution in [1.29, 1.82) is 0 Å². The number of carbonyl (C=O) groups excluding carboxylic acids is 1. The Kier molecular flexibility index (Phi) is 2.86. The van der Waals surface area contributed by atoms with Crippen LogP contribution in [0.5, 0.6) is 11.8 Å². The van der Waals surface area contributed by atoms with Crippen molar-refractivity contribution >= 4 is 5.78 Å². The Balaban J connectivity index is 2.40. The molecule has 0 amide bonds. The van der Waals surface area contributed by atoms with Gasteiger partial charge in [-0.15, -0.1) is 5.10 Å². The number of rotatable bonds is 3. The number of benzene rings is 1. The average molecular weight is 235 g/mol. The van der Waals surface area contributed by atoms with Crippen molar-refractivity contribution in [3.63, 3.8) is 0 Å². The third kappa shape index (κ3) is 2.30. The second kappa shape index (κ2) is 4.32. The van der Waals surface area contributed by atoms with Crippen molar-refractivity contribution in [3.05, 3.63) is 35.9 Å². The van der Waals surface area contributed by atoms with Crippen LogP contribution in [0.3, 0.4) is 0 Å². The first kappa shape index (κ1) is 11.3. The van der Waals surface area contributed by atoms with Crippen LogP contribution < -0.4 is 4.74 Å². The predicted molar refractivity (Wildman–Crippen MR) is 57.5 cm³/mol. The van der Waals surface area contributed by atoms with Crippen LogP contribution in [0, 0.1) is 5.82 Å². The highest BCUT2D eigenvalue weighted by molar-refractivity contribution is 5.96. The third-order valence-electron chi connectivity index (χ3n) is 2.12. The Morgan fingerprint density at radius 2 is 2.24 bits per heavy atom. The van der Waals surface area contributed by atoms with Gasteiger partial charge in [0.2, 0.25) is 0 Å². The number of para-hydroxylation sites is 1. The summed E-state index contributed by atoms with van der Waals surface area (Å²) in [7, 11) is 1.66. The Bertz CT molecular complexity index is 566. The van der Waals surface area contributed by atoms with E-state index in [1.807, 2.05) is 0 Å². The molecule has 0 unspecified atom stereocenters. The molecule has 0 bridgehead atoms. The van der Waals surface area contributed by atoms with E-state index in [9.17, 15) is 9.18 Å². The number of hydrogen-bond acceptors (Lipinski definition) is 4. The minimum absolute atomic E-state index is 0.0000926. The lowest BCUT2D eigenvalue weighted by atomic mass is 10.1. The molecule has 0 saturated heterocycles. The van der Waals surface area contributed by atoms with E-state index in [1.54, 1.807) is 7.05 Å². The maximum absolute atomic E-state index is 13.6. The molecule has 2 rings (SSSR count). The second-order valence-corrected chi connectivity index (χ2v) is 3.48. The summed E-state index contributed by atoms with van der Waals surface area (Å²) in [5.74, 6) is -1.05. The van der Waals surface area contributed by atoms with E-state index in [1.165, 1.54) is 36.1 Å². The van der Waals surface area contributed by atoms with Gasteiger partial charge in [0.05, 0.1) is 5.56 Å². The molecule has 1 heterocycles. The van der Waals surface area contributed by atoms with Gasteiger partial charge in [-0.1, -0.05) is 6.07 Å². The molecular weight excluding hydrogens is 225 g/mol. The van der Waals surface area contributed by atoms with E-state index in [4.69, 9.17) is 4.74 Å². The molecule has 88 valence electrons. The molecule has 5 nitrogen and oxygen atoms in total. The number of ether oxygens (including phenoxy) is 1. The SMILES string of the molecule is CC(=O)c1cccc(F)c1Oc1ncn(C)n1. The number of Topliss-reactive ketones (excluding diaryl/α,β-unsaturated/α-hetero) is 1. The fourth-order valence-corrected chi connectivity index (χ4v) is 1.35. The molecular formula is C11H10FN3O2. The van der Waals surface area contributed by atoms with Gasteiger partial charge in [0, 0.05) is 7.05 Å². The Morgan fingerprint density at radius 3 is 2.82 bits per heavy atom. The van der Waals surface area contributed by atoms with Crippen LogP contribution >= 0.6 is 0 Å². The molecule has 0 aliphatic carbocycles. The van der Waals surface area contributed by atoms with E-state index in [0.29, 0.717) is 0 Å². The fraction of sp³-hybridized carbons (Fsp3) is 0.182. The van der Waals surface area contributed by atoms with Crippen molar-refractivity contribution in [3.8, 4) is 11.8 Å². The highest BCUT2D eigenvalue weighted by Crippen LogP contribution is 2.26. The van der Waals surface area contributed by atoms with Gasteiger partial charge in [0.25, 0.3) is 0 Å². The van der Waals surface area contributed by atoms with Crippen LogP contribution in [-0.4, -0.2) is 20.5 Å². The lowest BCUT2D eigenvalue weighted by Crippen LogP contribution is -2.00. The summed E-state index contributed by atoms with van der Waals surface area (Å²) < 4.78 is 20.2. The fourth-order valence-electron chi connectivity index (χ4n) is 1.35. The monoisotopic (exact) mass is 235 g/mol. The first-order valence-electron chi connectivity index (χ1n) is 4.91. The normalized spacial score (nSPS) is 10.3. The number of aromatic nitrogens is 3. The van der Waals surface area contributed by atoms with Crippen molar-refractivity contribution < 1.29 is 13.9 Å². The number of aryl methyl sites for hydroxylation is 1. The number of nitrogens with zero attached hydrogens (tertiary/aromatic N) is 3. The zero-order chi connectivity index (χ0) is 12.4. The largest absolute Gasteiger partial charge is 0.419 e. The summed E-state index contributed by atoms with van der Waals surface area (Å²) in [4.78, 5) is 15.1. The van der Waals surface area contributed by atoms with Crippen LogP contribution in [0.1, 0.15) is 17.3 Å². The zero-order valence-electron chi connectivity index (χ0n) is 9.35. The van der Waals surface area contributed by atoms with E-state index in [0.717, 1.165) is 0 Å². The third-order valence-corrected chi connectivity index (χ3v) is 2.12.